The molecule has 1 aliphatic carbocycles. The van der Waals surface area contributed by atoms with Crippen molar-refractivity contribution in [2.24, 2.45) is 5.92 Å². The van der Waals surface area contributed by atoms with Gasteiger partial charge in [0.15, 0.2) is 5.13 Å². The van der Waals surface area contributed by atoms with Crippen LogP contribution in [-0.2, 0) is 24.2 Å². The highest BCUT2D eigenvalue weighted by Gasteiger charge is 2.32. The van der Waals surface area contributed by atoms with Crippen molar-refractivity contribution in [3.05, 3.63) is 45.9 Å². The number of hydrogen-bond acceptors (Lipinski definition) is 9. The minimum Gasteiger partial charge on any atom is -0.490 e. The summed E-state index contributed by atoms with van der Waals surface area (Å²) in [6.45, 7) is -0.251. The number of nitrogens with zero attached hydrogens (tertiary/aromatic N) is 2. The molecule has 7 nitrogen and oxygen atoms in total. The van der Waals surface area contributed by atoms with Gasteiger partial charge in [0.2, 0.25) is 0 Å². The van der Waals surface area contributed by atoms with E-state index in [4.69, 9.17) is 9.84 Å². The first kappa shape index (κ1) is 25.1. The minimum atomic E-state index is -4.32. The fourth-order valence-corrected chi connectivity index (χ4v) is 4.63. The van der Waals surface area contributed by atoms with Gasteiger partial charge in [-0.15, -0.1) is 22.7 Å². The lowest BCUT2D eigenvalue weighted by Gasteiger charge is -2.31. The second kappa shape index (κ2) is 11.1. The number of aromatic nitrogens is 2. The summed E-state index contributed by atoms with van der Waals surface area (Å²) in [5, 5.41) is 24.5. The molecule has 178 valence electrons. The highest BCUT2D eigenvalue weighted by molar-refractivity contribution is 7.16. The van der Waals surface area contributed by atoms with Crippen LogP contribution in [-0.4, -0.2) is 39.6 Å². The van der Waals surface area contributed by atoms with Crippen LogP contribution in [0.3, 0.4) is 0 Å². The molecule has 3 N–H and O–H groups in total. The van der Waals surface area contributed by atoms with Crippen molar-refractivity contribution in [1.29, 1.82) is 0 Å². The van der Waals surface area contributed by atoms with E-state index in [1.165, 1.54) is 34.8 Å². The Balaban J connectivity index is 0.000000186. The fraction of sp³-hybridized carbons (Fsp3) is 0.381. The minimum absolute atomic E-state index is 0.0365. The van der Waals surface area contributed by atoms with Crippen molar-refractivity contribution in [3.8, 4) is 16.3 Å². The van der Waals surface area contributed by atoms with Crippen molar-refractivity contribution in [2.45, 2.75) is 38.3 Å². The van der Waals surface area contributed by atoms with Gasteiger partial charge in [0.05, 0.1) is 35.0 Å². The van der Waals surface area contributed by atoms with Gasteiger partial charge in [-0.2, -0.15) is 13.2 Å². The number of alkyl halides is 3. The molecule has 1 aromatic carbocycles. The molecule has 0 spiro atoms. The van der Waals surface area contributed by atoms with Crippen LogP contribution in [0.25, 0.3) is 10.6 Å². The van der Waals surface area contributed by atoms with Crippen molar-refractivity contribution in [1.82, 2.24) is 9.97 Å². The number of aliphatic hydroxyl groups excluding tert-OH is 2. The molecular formula is C21H22F3N3O4S2. The van der Waals surface area contributed by atoms with Crippen LogP contribution in [0.15, 0.2) is 29.6 Å². The monoisotopic (exact) mass is 501 g/mol. The molecule has 1 aliphatic rings. The fourth-order valence-electron chi connectivity index (χ4n) is 3.00. The van der Waals surface area contributed by atoms with Crippen molar-refractivity contribution >= 4 is 34.1 Å². The van der Waals surface area contributed by atoms with Crippen LogP contribution in [0, 0.1) is 5.92 Å². The molecule has 0 atom stereocenters. The van der Waals surface area contributed by atoms with Crippen LogP contribution < -0.4 is 10.1 Å². The SMILES string of the molecule is CNc1nc(-c2sc(CO)nc2CO)cs1.O=CC1CC(Oc2ccc(C(F)(F)F)cc2)C1. The molecular weight excluding hydrogens is 479 g/mol. The van der Waals surface area contributed by atoms with E-state index in [1.807, 2.05) is 5.38 Å². The van der Waals surface area contributed by atoms with Gasteiger partial charge in [-0.1, -0.05) is 0 Å². The van der Waals surface area contributed by atoms with Gasteiger partial charge in [-0.25, -0.2) is 9.97 Å². The van der Waals surface area contributed by atoms with Crippen LogP contribution in [0.2, 0.25) is 0 Å². The topological polar surface area (TPSA) is 105 Å². The molecule has 0 radical (unpaired) electrons. The predicted molar refractivity (Wildman–Crippen MR) is 119 cm³/mol. The number of anilines is 1. The first-order valence-electron chi connectivity index (χ1n) is 9.90. The Morgan fingerprint density at radius 3 is 2.39 bits per heavy atom. The zero-order valence-corrected chi connectivity index (χ0v) is 19.1. The lowest BCUT2D eigenvalue weighted by molar-refractivity contribution is -0.137. The smallest absolute Gasteiger partial charge is 0.416 e. The summed E-state index contributed by atoms with van der Waals surface area (Å²) in [5.74, 6) is 0.446. The number of hydrogen-bond donors (Lipinski definition) is 3. The van der Waals surface area contributed by atoms with E-state index in [0.717, 1.165) is 34.1 Å². The van der Waals surface area contributed by atoms with E-state index < -0.39 is 11.7 Å². The summed E-state index contributed by atoms with van der Waals surface area (Å²) in [6.07, 6.45) is -2.21. The molecule has 1 saturated carbocycles. The summed E-state index contributed by atoms with van der Waals surface area (Å²) in [5.41, 5.74) is 0.668. The van der Waals surface area contributed by atoms with Gasteiger partial charge in [0, 0.05) is 18.3 Å². The molecule has 0 aliphatic heterocycles. The number of thiazole rings is 2. The van der Waals surface area contributed by atoms with Gasteiger partial charge in [-0.3, -0.25) is 0 Å². The Hall–Kier alpha value is -2.54. The average molecular weight is 502 g/mol. The number of rotatable bonds is 7. The Labute approximate surface area is 195 Å². The maximum absolute atomic E-state index is 12.3. The second-order valence-electron chi connectivity index (χ2n) is 7.12. The van der Waals surface area contributed by atoms with E-state index >= 15 is 0 Å². The number of nitrogens with one attached hydrogen (secondary N) is 1. The Morgan fingerprint density at radius 1 is 1.18 bits per heavy atom. The average Bonchev–Trinajstić information content (AvgIpc) is 3.42. The Morgan fingerprint density at radius 2 is 1.88 bits per heavy atom. The summed E-state index contributed by atoms with van der Waals surface area (Å²) in [4.78, 5) is 19.6. The molecule has 4 rings (SSSR count). The van der Waals surface area contributed by atoms with Gasteiger partial charge < -0.3 is 25.1 Å². The number of aliphatic hydroxyl groups is 2. The molecule has 3 aromatic rings. The normalized spacial score (nSPS) is 17.5. The van der Waals surface area contributed by atoms with Gasteiger partial charge >= 0.3 is 6.18 Å². The highest BCUT2D eigenvalue weighted by Crippen LogP contribution is 2.34. The summed E-state index contributed by atoms with van der Waals surface area (Å²) in [6, 6.07) is 4.59. The summed E-state index contributed by atoms with van der Waals surface area (Å²) in [7, 11) is 1.81. The molecule has 33 heavy (non-hydrogen) atoms. The number of halogens is 3. The quantitative estimate of drug-likeness (QED) is 0.414. The predicted octanol–water partition coefficient (Wildman–Crippen LogP) is 4.35. The zero-order chi connectivity index (χ0) is 24.0. The first-order chi connectivity index (χ1) is 15.8. The molecule has 1 fully saturated rings. The highest BCUT2D eigenvalue weighted by atomic mass is 32.1. The third-order valence-electron chi connectivity index (χ3n) is 4.79. The molecule has 0 saturated heterocycles. The molecule has 0 unspecified atom stereocenters. The molecule has 0 amide bonds. The number of aldehydes is 1. The van der Waals surface area contributed by atoms with Crippen LogP contribution in [0.4, 0.5) is 18.3 Å². The number of benzene rings is 1. The van der Waals surface area contributed by atoms with Gasteiger partial charge in [-0.05, 0) is 37.1 Å². The maximum Gasteiger partial charge on any atom is 0.416 e. The molecule has 2 aromatic heterocycles. The van der Waals surface area contributed by atoms with Crippen LogP contribution in [0.1, 0.15) is 29.1 Å². The Bertz CT molecular complexity index is 1050. The number of carbonyl (C=O) groups excluding carboxylic acids is 1. The van der Waals surface area contributed by atoms with E-state index in [2.05, 4.69) is 15.3 Å². The van der Waals surface area contributed by atoms with Crippen molar-refractivity contribution < 1.29 is 32.9 Å². The molecule has 12 heteroatoms. The summed E-state index contributed by atoms with van der Waals surface area (Å²) >= 11 is 2.85. The zero-order valence-electron chi connectivity index (χ0n) is 17.5. The van der Waals surface area contributed by atoms with Crippen molar-refractivity contribution in [2.75, 3.05) is 12.4 Å². The van der Waals surface area contributed by atoms with Crippen molar-refractivity contribution in [3.63, 3.8) is 0 Å². The third kappa shape index (κ3) is 6.50. The molecule has 2 heterocycles. The van der Waals surface area contributed by atoms with Gasteiger partial charge in [0.25, 0.3) is 0 Å². The summed E-state index contributed by atoms with van der Waals surface area (Å²) < 4.78 is 42.3. The second-order valence-corrected chi connectivity index (χ2v) is 9.06. The maximum atomic E-state index is 12.3. The standard InChI is InChI=1S/C12H11F3O2.C9H11N3O2S2/c13-12(14,15)9-1-3-10(4-2-9)17-11-5-8(6-11)7-16;1-10-9-12-6(4-15-9)8-5(2-13)11-7(3-14)16-8/h1-4,7-8,11H,5-6H2;4,13-14H,2-3H2,1H3,(H,10,12). The van der Waals surface area contributed by atoms with Crippen LogP contribution in [0.5, 0.6) is 5.75 Å². The van der Waals surface area contributed by atoms with Gasteiger partial charge in [0.1, 0.15) is 23.1 Å². The third-order valence-corrected chi connectivity index (χ3v) is 6.75. The van der Waals surface area contributed by atoms with Crippen LogP contribution >= 0.6 is 22.7 Å². The van der Waals surface area contributed by atoms with E-state index in [1.54, 1.807) is 7.05 Å². The first-order valence-corrected chi connectivity index (χ1v) is 11.6. The van der Waals surface area contributed by atoms with E-state index in [-0.39, 0.29) is 25.2 Å². The number of ether oxygens (including phenoxy) is 1. The Kier molecular flexibility index (Phi) is 8.40. The number of carbonyl (C=O) groups is 1. The lowest BCUT2D eigenvalue weighted by atomic mass is 9.83. The van der Waals surface area contributed by atoms with E-state index in [0.29, 0.717) is 29.3 Å². The largest absolute Gasteiger partial charge is 0.490 e. The molecule has 0 bridgehead atoms. The van der Waals surface area contributed by atoms with E-state index in [9.17, 15) is 23.1 Å². The lowest BCUT2D eigenvalue weighted by Crippen LogP contribution is -2.34.